The number of aliphatic carboxylic acids is 1. The van der Waals surface area contributed by atoms with E-state index in [1.807, 2.05) is 20.8 Å². The predicted molar refractivity (Wildman–Crippen MR) is 139 cm³/mol. The summed E-state index contributed by atoms with van der Waals surface area (Å²) in [5.74, 6) is -1.73. The van der Waals surface area contributed by atoms with Gasteiger partial charge in [0.2, 0.25) is 0 Å². The Morgan fingerprint density at radius 3 is 2.22 bits per heavy atom. The third-order valence-electron chi connectivity index (χ3n) is 12.7. The minimum atomic E-state index is -1.77. The standard InChI is InChI=1S/C31H43NO5/c1-25(2)10-12-30(24(35)36)13-11-29(7)28(6)9-8-19-26(3,4)23(34)18(17-32)15-27(19,5)20(28)14-22(33)31(29,37)21(30)16-25/h14,19,21,34,37H,8-13,15-16H2,1-7H3,(H,35,36)/t19-,21?,27-,28+,29-,30-,31+/m0/s1. The van der Waals surface area contributed by atoms with Crippen LogP contribution >= 0.6 is 0 Å². The lowest BCUT2D eigenvalue weighted by Gasteiger charge is -2.71. The predicted octanol–water partition coefficient (Wildman–Crippen LogP) is 6.11. The number of hydrogen-bond acceptors (Lipinski definition) is 5. The molecular formula is C31H43NO5. The van der Waals surface area contributed by atoms with Crippen LogP contribution in [0.2, 0.25) is 0 Å². The van der Waals surface area contributed by atoms with Crippen LogP contribution in [0.15, 0.2) is 23.0 Å². The van der Waals surface area contributed by atoms with Crippen molar-refractivity contribution in [1.29, 1.82) is 5.26 Å². The van der Waals surface area contributed by atoms with Crippen molar-refractivity contribution in [1.82, 2.24) is 0 Å². The van der Waals surface area contributed by atoms with E-state index < -0.39 is 44.6 Å². The van der Waals surface area contributed by atoms with E-state index in [0.29, 0.717) is 37.7 Å². The summed E-state index contributed by atoms with van der Waals surface area (Å²) in [4.78, 5) is 27.2. The van der Waals surface area contributed by atoms with Gasteiger partial charge in [-0.05, 0) is 79.6 Å². The summed E-state index contributed by atoms with van der Waals surface area (Å²) >= 11 is 0. The van der Waals surface area contributed by atoms with Crippen molar-refractivity contribution in [3.8, 4) is 6.07 Å². The van der Waals surface area contributed by atoms with E-state index in [9.17, 15) is 30.2 Å². The number of hydrogen-bond donors (Lipinski definition) is 3. The lowest BCUT2D eigenvalue weighted by atomic mass is 9.32. The molecule has 7 atom stereocenters. The fraction of sp³-hybridized carbons (Fsp3) is 0.774. The summed E-state index contributed by atoms with van der Waals surface area (Å²) in [6.45, 7) is 14.5. The van der Waals surface area contributed by atoms with Crippen LogP contribution in [-0.2, 0) is 9.59 Å². The Labute approximate surface area is 220 Å². The molecule has 0 bridgehead atoms. The number of carboxylic acid groups (broad SMARTS) is 1. The van der Waals surface area contributed by atoms with Crippen LogP contribution in [0.3, 0.4) is 0 Å². The minimum Gasteiger partial charge on any atom is -0.511 e. The molecule has 0 aromatic rings. The number of nitriles is 1. The van der Waals surface area contributed by atoms with Gasteiger partial charge in [-0.2, -0.15) is 5.26 Å². The van der Waals surface area contributed by atoms with Gasteiger partial charge >= 0.3 is 5.97 Å². The van der Waals surface area contributed by atoms with E-state index in [0.717, 1.165) is 24.8 Å². The van der Waals surface area contributed by atoms with Crippen LogP contribution in [0.5, 0.6) is 0 Å². The van der Waals surface area contributed by atoms with Gasteiger partial charge in [0.05, 0.1) is 17.1 Å². The van der Waals surface area contributed by atoms with E-state index in [1.54, 1.807) is 6.08 Å². The van der Waals surface area contributed by atoms with Crippen molar-refractivity contribution in [3.63, 3.8) is 0 Å². The molecule has 5 aliphatic rings. The average molecular weight is 510 g/mol. The van der Waals surface area contributed by atoms with Crippen LogP contribution in [0.1, 0.15) is 99.8 Å². The van der Waals surface area contributed by atoms with Crippen LogP contribution < -0.4 is 0 Å². The van der Waals surface area contributed by atoms with Crippen LogP contribution in [0, 0.1) is 55.7 Å². The molecule has 0 aliphatic heterocycles. The summed E-state index contributed by atoms with van der Waals surface area (Å²) in [5, 5.41) is 44.1. The molecule has 3 N–H and O–H groups in total. The normalized spacial score (nSPS) is 48.0. The molecule has 6 heteroatoms. The zero-order valence-electron chi connectivity index (χ0n) is 23.5. The van der Waals surface area contributed by atoms with Gasteiger partial charge in [0, 0.05) is 16.7 Å². The van der Waals surface area contributed by atoms with Crippen molar-refractivity contribution in [2.45, 2.75) is 105 Å². The molecule has 5 aliphatic carbocycles. The summed E-state index contributed by atoms with van der Waals surface area (Å²) in [6.07, 6.45) is 6.19. The lowest BCUT2D eigenvalue weighted by Crippen LogP contribution is -2.75. The molecule has 0 radical (unpaired) electrons. The molecule has 0 aromatic carbocycles. The number of carboxylic acids is 1. The fourth-order valence-corrected chi connectivity index (χ4v) is 10.3. The summed E-state index contributed by atoms with van der Waals surface area (Å²) in [5.41, 5.74) is -4.22. The second-order valence-corrected chi connectivity index (χ2v) is 15.1. The van der Waals surface area contributed by atoms with Gasteiger partial charge in [-0.15, -0.1) is 0 Å². The Kier molecular flexibility index (Phi) is 5.21. The second-order valence-electron chi connectivity index (χ2n) is 15.1. The maximum absolute atomic E-state index is 14.3. The van der Waals surface area contributed by atoms with E-state index in [2.05, 4.69) is 33.8 Å². The first-order valence-corrected chi connectivity index (χ1v) is 13.9. The van der Waals surface area contributed by atoms with Gasteiger partial charge in [-0.3, -0.25) is 9.59 Å². The smallest absolute Gasteiger partial charge is 0.310 e. The number of fused-ring (bicyclic) bond motifs is 7. The zero-order valence-corrected chi connectivity index (χ0v) is 23.5. The molecular weight excluding hydrogens is 466 g/mol. The number of carbonyl (C=O) groups is 2. The lowest BCUT2D eigenvalue weighted by molar-refractivity contribution is -0.248. The minimum absolute atomic E-state index is 0.0364. The Morgan fingerprint density at radius 2 is 1.62 bits per heavy atom. The molecule has 6 nitrogen and oxygen atoms in total. The maximum atomic E-state index is 14.3. The molecule has 3 saturated carbocycles. The molecule has 0 heterocycles. The quantitative estimate of drug-likeness (QED) is 0.392. The monoisotopic (exact) mass is 509 g/mol. The molecule has 5 rings (SSSR count). The fourth-order valence-electron chi connectivity index (χ4n) is 10.3. The number of aliphatic hydroxyl groups is 2. The van der Waals surface area contributed by atoms with Gasteiger partial charge in [-0.1, -0.05) is 54.0 Å². The SMILES string of the molecule is CC1(C)CC[C@]2(C(=O)O)CC[C@@]3(C)[C@]4(C)CC[C@H]5C(C)(C)C(O)=C(C#N)C[C@]5(C)C4=CC(=O)[C@]3(O)C2C1. The van der Waals surface area contributed by atoms with E-state index >= 15 is 0 Å². The Balaban J connectivity index is 1.73. The summed E-state index contributed by atoms with van der Waals surface area (Å²) in [6, 6.07) is 2.23. The second kappa shape index (κ2) is 7.29. The van der Waals surface area contributed by atoms with Gasteiger partial charge < -0.3 is 15.3 Å². The number of nitrogens with zero attached hydrogens (tertiary/aromatic N) is 1. The van der Waals surface area contributed by atoms with Gasteiger partial charge in [0.1, 0.15) is 11.4 Å². The Hall–Kier alpha value is -2.13. The van der Waals surface area contributed by atoms with Gasteiger partial charge in [0.25, 0.3) is 0 Å². The van der Waals surface area contributed by atoms with Crippen molar-refractivity contribution in [2.75, 3.05) is 0 Å². The molecule has 0 spiro atoms. The average Bonchev–Trinajstić information content (AvgIpc) is 2.80. The third kappa shape index (κ3) is 2.85. The van der Waals surface area contributed by atoms with Crippen molar-refractivity contribution in [2.24, 2.45) is 44.3 Å². The van der Waals surface area contributed by atoms with Crippen LogP contribution in [0.4, 0.5) is 0 Å². The highest BCUT2D eigenvalue weighted by Gasteiger charge is 2.76. The molecule has 202 valence electrons. The van der Waals surface area contributed by atoms with E-state index in [1.165, 1.54) is 0 Å². The number of allylic oxidation sites excluding steroid dienone is 3. The molecule has 37 heavy (non-hydrogen) atoms. The van der Waals surface area contributed by atoms with E-state index in [-0.39, 0.29) is 22.9 Å². The van der Waals surface area contributed by atoms with Crippen molar-refractivity contribution < 1.29 is 24.9 Å². The van der Waals surface area contributed by atoms with E-state index in [4.69, 9.17) is 0 Å². The first-order valence-electron chi connectivity index (χ1n) is 13.9. The summed E-state index contributed by atoms with van der Waals surface area (Å²) in [7, 11) is 0. The number of ketones is 1. The number of carbonyl (C=O) groups excluding carboxylic acids is 1. The Bertz CT molecular complexity index is 1200. The number of aliphatic hydroxyl groups excluding tert-OH is 1. The zero-order chi connectivity index (χ0) is 27.6. The largest absolute Gasteiger partial charge is 0.511 e. The van der Waals surface area contributed by atoms with Gasteiger partial charge in [-0.25, -0.2) is 0 Å². The topological polar surface area (TPSA) is 119 Å². The Morgan fingerprint density at radius 1 is 1.00 bits per heavy atom. The van der Waals surface area contributed by atoms with Crippen molar-refractivity contribution >= 4 is 11.8 Å². The molecule has 0 aromatic heterocycles. The third-order valence-corrected chi connectivity index (χ3v) is 12.7. The molecule has 0 amide bonds. The first-order chi connectivity index (χ1) is 16.9. The molecule has 1 unspecified atom stereocenters. The summed E-state index contributed by atoms with van der Waals surface area (Å²) < 4.78 is 0. The highest BCUT2D eigenvalue weighted by molar-refractivity contribution is 6.01. The molecule has 3 fully saturated rings. The maximum Gasteiger partial charge on any atom is 0.310 e. The van der Waals surface area contributed by atoms with Gasteiger partial charge in [0.15, 0.2) is 5.78 Å². The van der Waals surface area contributed by atoms with Crippen LogP contribution in [0.25, 0.3) is 0 Å². The highest BCUT2D eigenvalue weighted by atomic mass is 16.4. The molecule has 0 saturated heterocycles. The first kappa shape index (κ1) is 26.5. The highest BCUT2D eigenvalue weighted by Crippen LogP contribution is 2.76. The number of rotatable bonds is 1. The van der Waals surface area contributed by atoms with Crippen LogP contribution in [-0.4, -0.2) is 32.7 Å². The van der Waals surface area contributed by atoms with Crippen molar-refractivity contribution in [3.05, 3.63) is 23.0 Å².